The Morgan fingerprint density at radius 1 is 1.33 bits per heavy atom. The van der Waals surface area contributed by atoms with Crippen LogP contribution in [0, 0.1) is 13.8 Å². The van der Waals surface area contributed by atoms with E-state index in [4.69, 9.17) is 11.6 Å². The van der Waals surface area contributed by atoms with Crippen LogP contribution >= 0.6 is 11.6 Å². The molecule has 1 N–H and O–H groups in total. The summed E-state index contributed by atoms with van der Waals surface area (Å²) in [4.78, 5) is 24.5. The lowest BCUT2D eigenvalue weighted by molar-refractivity contribution is -0.119. The molecule has 0 aliphatic heterocycles. The molecule has 0 saturated heterocycles. The van der Waals surface area contributed by atoms with Crippen molar-refractivity contribution in [3.05, 3.63) is 29.3 Å². The summed E-state index contributed by atoms with van der Waals surface area (Å²) in [5.41, 5.74) is 2.89. The first kappa shape index (κ1) is 14.5. The Bertz CT molecular complexity index is 460. The number of nitrogens with one attached hydrogen (secondary N) is 1. The van der Waals surface area contributed by atoms with Crippen molar-refractivity contribution in [2.45, 2.75) is 20.3 Å². The normalized spacial score (nSPS) is 10.0. The zero-order chi connectivity index (χ0) is 13.7. The van der Waals surface area contributed by atoms with Crippen molar-refractivity contribution < 1.29 is 9.59 Å². The number of carbonyl (C=O) groups is 2. The van der Waals surface area contributed by atoms with Crippen LogP contribution in [0.3, 0.4) is 0 Å². The maximum absolute atomic E-state index is 11.8. The lowest BCUT2D eigenvalue weighted by atomic mass is 10.1. The summed E-state index contributed by atoms with van der Waals surface area (Å²) < 4.78 is 0. The van der Waals surface area contributed by atoms with E-state index in [9.17, 15) is 9.59 Å². The number of hydrogen-bond acceptors (Lipinski definition) is 2. The molecule has 0 unspecified atom stereocenters. The van der Waals surface area contributed by atoms with Crippen molar-refractivity contribution >= 4 is 29.2 Å². The highest BCUT2D eigenvalue weighted by atomic mass is 35.5. The van der Waals surface area contributed by atoms with E-state index in [1.54, 1.807) is 7.05 Å². The topological polar surface area (TPSA) is 49.4 Å². The van der Waals surface area contributed by atoms with Crippen LogP contribution in [0.2, 0.25) is 0 Å². The van der Waals surface area contributed by atoms with Crippen molar-refractivity contribution in [3.8, 4) is 0 Å². The number of benzene rings is 1. The third-order valence-electron chi connectivity index (χ3n) is 2.59. The van der Waals surface area contributed by atoms with Crippen molar-refractivity contribution in [1.29, 1.82) is 0 Å². The first-order valence-corrected chi connectivity index (χ1v) is 6.20. The van der Waals surface area contributed by atoms with Gasteiger partial charge in [-0.3, -0.25) is 15.0 Å². The molecule has 0 spiro atoms. The van der Waals surface area contributed by atoms with Gasteiger partial charge in [-0.2, -0.15) is 0 Å². The maximum Gasteiger partial charge on any atom is 0.328 e. The number of hydrogen-bond donors (Lipinski definition) is 1. The standard InChI is InChI=1S/C13H17ClN2O2/c1-9-4-5-11(10(2)8-9)16(3)13(18)15-12(17)6-7-14/h4-5,8H,6-7H2,1-3H3,(H,15,17,18). The summed E-state index contributed by atoms with van der Waals surface area (Å²) in [6.07, 6.45) is 0.133. The van der Waals surface area contributed by atoms with Crippen LogP contribution < -0.4 is 10.2 Å². The Hall–Kier alpha value is -1.55. The molecule has 0 saturated carbocycles. The first-order chi connectivity index (χ1) is 8.45. The number of aryl methyl sites for hydroxylation is 2. The van der Waals surface area contributed by atoms with Gasteiger partial charge in [0.1, 0.15) is 0 Å². The molecule has 98 valence electrons. The van der Waals surface area contributed by atoms with Gasteiger partial charge < -0.3 is 0 Å². The van der Waals surface area contributed by atoms with Gasteiger partial charge in [0.15, 0.2) is 0 Å². The lowest BCUT2D eigenvalue weighted by Crippen LogP contribution is -2.41. The number of alkyl halides is 1. The van der Waals surface area contributed by atoms with Crippen LogP contribution in [-0.4, -0.2) is 24.9 Å². The highest BCUT2D eigenvalue weighted by molar-refractivity contribution is 6.19. The van der Waals surface area contributed by atoms with E-state index in [-0.39, 0.29) is 18.2 Å². The van der Waals surface area contributed by atoms with Crippen LogP contribution in [-0.2, 0) is 4.79 Å². The van der Waals surface area contributed by atoms with Gasteiger partial charge in [0.25, 0.3) is 0 Å². The smallest absolute Gasteiger partial charge is 0.297 e. The van der Waals surface area contributed by atoms with Crippen molar-refractivity contribution in [2.75, 3.05) is 17.8 Å². The van der Waals surface area contributed by atoms with E-state index in [1.165, 1.54) is 4.90 Å². The predicted molar refractivity (Wildman–Crippen MR) is 73.2 cm³/mol. The molecular weight excluding hydrogens is 252 g/mol. The van der Waals surface area contributed by atoms with Crippen molar-refractivity contribution in [3.63, 3.8) is 0 Å². The van der Waals surface area contributed by atoms with E-state index in [2.05, 4.69) is 5.32 Å². The summed E-state index contributed by atoms with van der Waals surface area (Å²) in [6, 6.07) is 5.32. The molecule has 0 radical (unpaired) electrons. The van der Waals surface area contributed by atoms with Gasteiger partial charge in [-0.05, 0) is 25.5 Å². The third-order valence-corrected chi connectivity index (χ3v) is 2.78. The van der Waals surface area contributed by atoms with E-state index < -0.39 is 6.03 Å². The molecule has 1 aromatic carbocycles. The lowest BCUT2D eigenvalue weighted by Gasteiger charge is -2.19. The quantitative estimate of drug-likeness (QED) is 0.857. The molecule has 4 nitrogen and oxygen atoms in total. The van der Waals surface area contributed by atoms with Crippen LogP contribution in [0.15, 0.2) is 18.2 Å². The SMILES string of the molecule is Cc1ccc(N(C)C(=O)NC(=O)CCCl)c(C)c1. The van der Waals surface area contributed by atoms with Crippen LogP contribution in [0.4, 0.5) is 10.5 Å². The van der Waals surface area contributed by atoms with Gasteiger partial charge in [0.2, 0.25) is 5.91 Å². The zero-order valence-electron chi connectivity index (χ0n) is 10.8. The molecular formula is C13H17ClN2O2. The van der Waals surface area contributed by atoms with Gasteiger partial charge in [0.05, 0.1) is 0 Å². The molecule has 18 heavy (non-hydrogen) atoms. The summed E-state index contributed by atoms with van der Waals surface area (Å²) in [6.45, 7) is 3.91. The predicted octanol–water partition coefficient (Wildman–Crippen LogP) is 2.60. The summed E-state index contributed by atoms with van der Waals surface area (Å²) in [7, 11) is 1.63. The Morgan fingerprint density at radius 3 is 2.56 bits per heavy atom. The monoisotopic (exact) mass is 268 g/mol. The largest absolute Gasteiger partial charge is 0.328 e. The average molecular weight is 269 g/mol. The Morgan fingerprint density at radius 2 is 2.00 bits per heavy atom. The fraction of sp³-hybridized carbons (Fsp3) is 0.385. The summed E-state index contributed by atoms with van der Waals surface area (Å²) in [5, 5.41) is 2.28. The van der Waals surface area contributed by atoms with Gasteiger partial charge in [-0.15, -0.1) is 11.6 Å². The number of anilines is 1. The van der Waals surface area contributed by atoms with Gasteiger partial charge in [-0.25, -0.2) is 4.79 Å². The van der Waals surface area contributed by atoms with Crippen LogP contribution in [0.1, 0.15) is 17.5 Å². The molecule has 1 aromatic rings. The van der Waals surface area contributed by atoms with Crippen molar-refractivity contribution in [2.24, 2.45) is 0 Å². The number of urea groups is 1. The molecule has 0 bridgehead atoms. The van der Waals surface area contributed by atoms with Gasteiger partial charge in [-0.1, -0.05) is 17.7 Å². The summed E-state index contributed by atoms with van der Waals surface area (Å²) >= 11 is 5.43. The fourth-order valence-electron chi connectivity index (χ4n) is 1.64. The minimum atomic E-state index is -0.447. The minimum Gasteiger partial charge on any atom is -0.297 e. The molecule has 0 aliphatic carbocycles. The average Bonchev–Trinajstić information content (AvgIpc) is 2.28. The molecule has 0 atom stereocenters. The van der Waals surface area contributed by atoms with E-state index >= 15 is 0 Å². The Labute approximate surface area is 112 Å². The van der Waals surface area contributed by atoms with E-state index in [1.807, 2.05) is 32.0 Å². The number of amides is 3. The van der Waals surface area contributed by atoms with E-state index in [0.717, 1.165) is 16.8 Å². The second kappa shape index (κ2) is 6.40. The number of carbonyl (C=O) groups excluding carboxylic acids is 2. The molecule has 0 aromatic heterocycles. The zero-order valence-corrected chi connectivity index (χ0v) is 11.5. The number of halogens is 1. The van der Waals surface area contributed by atoms with Crippen LogP contribution in [0.25, 0.3) is 0 Å². The highest BCUT2D eigenvalue weighted by Crippen LogP contribution is 2.19. The van der Waals surface area contributed by atoms with E-state index in [0.29, 0.717) is 0 Å². The fourth-order valence-corrected chi connectivity index (χ4v) is 1.81. The maximum atomic E-state index is 11.8. The molecule has 0 heterocycles. The number of imide groups is 1. The van der Waals surface area contributed by atoms with Crippen LogP contribution in [0.5, 0.6) is 0 Å². The number of nitrogens with zero attached hydrogens (tertiary/aromatic N) is 1. The highest BCUT2D eigenvalue weighted by Gasteiger charge is 2.15. The van der Waals surface area contributed by atoms with Gasteiger partial charge >= 0.3 is 6.03 Å². The Balaban J connectivity index is 2.77. The van der Waals surface area contributed by atoms with Crippen molar-refractivity contribution in [1.82, 2.24) is 5.32 Å². The number of rotatable bonds is 3. The summed E-state index contributed by atoms with van der Waals surface area (Å²) in [5.74, 6) is -0.168. The molecule has 1 rings (SSSR count). The molecule has 5 heteroatoms. The first-order valence-electron chi connectivity index (χ1n) is 5.66. The Kier molecular flexibility index (Phi) is 5.16. The third kappa shape index (κ3) is 3.74. The molecule has 3 amide bonds. The second-order valence-electron chi connectivity index (χ2n) is 4.14. The minimum absolute atomic E-state index is 0.133. The second-order valence-corrected chi connectivity index (χ2v) is 4.52. The molecule has 0 aliphatic rings. The van der Waals surface area contributed by atoms with Gasteiger partial charge in [0, 0.05) is 25.0 Å². The molecule has 0 fully saturated rings.